The molecular weight excluding hydrogens is 305 g/mol. The van der Waals surface area contributed by atoms with Gasteiger partial charge in [-0.1, -0.05) is 28.4 Å². The van der Waals surface area contributed by atoms with Crippen molar-refractivity contribution in [2.45, 2.75) is 13.3 Å². The van der Waals surface area contributed by atoms with Crippen LogP contribution in [-0.2, 0) is 6.42 Å². The van der Waals surface area contributed by atoms with Gasteiger partial charge in [-0.15, -0.1) is 0 Å². The van der Waals surface area contributed by atoms with Crippen molar-refractivity contribution < 1.29 is 9.45 Å². The van der Waals surface area contributed by atoms with Crippen molar-refractivity contribution in [3.05, 3.63) is 49.8 Å². The van der Waals surface area contributed by atoms with Crippen LogP contribution < -0.4 is 0 Å². The number of nitro groups is 1. The average molecular weight is 314 g/mol. The Hall–Kier alpha value is -1.92. The van der Waals surface area contributed by atoms with Crippen LogP contribution in [0.15, 0.2) is 27.7 Å². The van der Waals surface area contributed by atoms with Crippen molar-refractivity contribution in [2.75, 3.05) is 0 Å². The molecule has 6 nitrogen and oxygen atoms in total. The molecule has 0 amide bonds. The van der Waals surface area contributed by atoms with Crippen molar-refractivity contribution >= 4 is 40.8 Å². The largest absolute Gasteiger partial charge is 0.353 e. The summed E-state index contributed by atoms with van der Waals surface area (Å²) in [4.78, 5) is 14.5. The van der Waals surface area contributed by atoms with Crippen LogP contribution in [0.25, 0.3) is 0 Å². The number of aromatic nitrogens is 1. The standard InChI is InChI=1S/C12H9Cl2N3O3/c1-7-12(17(18)19)11(20-16-7)2-3-15-10-5-8(13)4-9(14)6-10/h3-6H,2H2,1H3. The molecule has 8 heteroatoms. The van der Waals surface area contributed by atoms with Gasteiger partial charge in [-0.05, 0) is 25.1 Å². The molecule has 0 saturated heterocycles. The molecule has 0 unspecified atom stereocenters. The molecule has 1 heterocycles. The molecule has 2 aromatic rings. The zero-order chi connectivity index (χ0) is 14.7. The van der Waals surface area contributed by atoms with E-state index in [9.17, 15) is 10.1 Å². The molecule has 2 rings (SSSR count). The van der Waals surface area contributed by atoms with Gasteiger partial charge in [-0.2, -0.15) is 0 Å². The van der Waals surface area contributed by atoms with E-state index >= 15 is 0 Å². The lowest BCUT2D eigenvalue weighted by atomic mass is 10.2. The molecule has 0 aliphatic heterocycles. The maximum Gasteiger partial charge on any atom is 0.334 e. The first-order valence-electron chi connectivity index (χ1n) is 5.55. The third kappa shape index (κ3) is 3.34. The van der Waals surface area contributed by atoms with Crippen LogP contribution in [0.3, 0.4) is 0 Å². The van der Waals surface area contributed by atoms with Gasteiger partial charge >= 0.3 is 5.69 Å². The van der Waals surface area contributed by atoms with Crippen molar-refractivity contribution in [3.8, 4) is 0 Å². The van der Waals surface area contributed by atoms with Crippen LogP contribution >= 0.6 is 23.2 Å². The zero-order valence-corrected chi connectivity index (χ0v) is 11.9. The minimum atomic E-state index is -0.523. The van der Waals surface area contributed by atoms with Gasteiger partial charge in [0, 0.05) is 16.3 Å². The Morgan fingerprint density at radius 3 is 2.65 bits per heavy atom. The summed E-state index contributed by atoms with van der Waals surface area (Å²) in [6.45, 7) is 1.51. The van der Waals surface area contributed by atoms with Crippen molar-refractivity contribution in [2.24, 2.45) is 4.99 Å². The minimum Gasteiger partial charge on any atom is -0.353 e. The third-order valence-corrected chi connectivity index (χ3v) is 2.88. The predicted molar refractivity (Wildman–Crippen MR) is 76.2 cm³/mol. The van der Waals surface area contributed by atoms with Crippen LogP contribution in [0, 0.1) is 17.0 Å². The van der Waals surface area contributed by atoms with Gasteiger partial charge in [0.2, 0.25) is 5.76 Å². The van der Waals surface area contributed by atoms with E-state index in [1.54, 1.807) is 18.2 Å². The van der Waals surface area contributed by atoms with E-state index in [0.717, 1.165) is 0 Å². The molecule has 0 spiro atoms. The quantitative estimate of drug-likeness (QED) is 0.482. The fourth-order valence-corrected chi connectivity index (χ4v) is 2.14. The Balaban J connectivity index is 2.16. The van der Waals surface area contributed by atoms with E-state index in [4.69, 9.17) is 27.7 Å². The fourth-order valence-electron chi connectivity index (χ4n) is 1.63. The average Bonchev–Trinajstić information content (AvgIpc) is 2.69. The summed E-state index contributed by atoms with van der Waals surface area (Å²) in [6.07, 6.45) is 1.64. The summed E-state index contributed by atoms with van der Waals surface area (Å²) in [5.74, 6) is 0.157. The summed E-state index contributed by atoms with van der Waals surface area (Å²) in [7, 11) is 0. The number of aryl methyl sites for hydroxylation is 1. The van der Waals surface area contributed by atoms with E-state index < -0.39 is 4.92 Å². The number of hydrogen-bond acceptors (Lipinski definition) is 5. The van der Waals surface area contributed by atoms with E-state index in [1.165, 1.54) is 13.1 Å². The maximum atomic E-state index is 10.9. The molecule has 104 valence electrons. The number of benzene rings is 1. The smallest absolute Gasteiger partial charge is 0.334 e. The van der Waals surface area contributed by atoms with E-state index in [2.05, 4.69) is 10.1 Å². The van der Waals surface area contributed by atoms with Gasteiger partial charge in [-0.25, -0.2) is 0 Å². The molecule has 0 aliphatic carbocycles. The Morgan fingerprint density at radius 1 is 1.40 bits per heavy atom. The molecule has 1 aromatic heterocycles. The fraction of sp³-hybridized carbons (Fsp3) is 0.167. The lowest BCUT2D eigenvalue weighted by molar-refractivity contribution is -0.386. The van der Waals surface area contributed by atoms with E-state index in [-0.39, 0.29) is 23.6 Å². The Labute approximate surface area is 124 Å². The number of aliphatic imine (C=N–C) groups is 1. The highest BCUT2D eigenvalue weighted by molar-refractivity contribution is 6.35. The molecule has 0 saturated carbocycles. The molecule has 20 heavy (non-hydrogen) atoms. The van der Waals surface area contributed by atoms with E-state index in [1.807, 2.05) is 0 Å². The minimum absolute atomic E-state index is 0.124. The molecule has 0 radical (unpaired) electrons. The van der Waals surface area contributed by atoms with Crippen molar-refractivity contribution in [1.29, 1.82) is 0 Å². The van der Waals surface area contributed by atoms with Gasteiger partial charge in [0.25, 0.3) is 0 Å². The first kappa shape index (κ1) is 14.5. The SMILES string of the molecule is Cc1noc(CC=Nc2cc(Cl)cc(Cl)c2)c1[N+](=O)[O-]. The molecular formula is C12H9Cl2N3O3. The highest BCUT2D eigenvalue weighted by Gasteiger charge is 2.22. The second kappa shape index (κ2) is 6.02. The molecule has 0 aliphatic rings. The first-order chi connectivity index (χ1) is 9.47. The zero-order valence-electron chi connectivity index (χ0n) is 10.3. The lowest BCUT2D eigenvalue weighted by Gasteiger charge is -1.96. The summed E-state index contributed by atoms with van der Waals surface area (Å²) in [6, 6.07) is 4.85. The number of halogens is 2. The Bertz CT molecular complexity index is 662. The highest BCUT2D eigenvalue weighted by Crippen LogP contribution is 2.25. The predicted octanol–water partition coefficient (Wildman–Crippen LogP) is 4.14. The molecule has 0 fully saturated rings. The number of hydrogen-bond donors (Lipinski definition) is 0. The second-order valence-corrected chi connectivity index (χ2v) is 4.81. The van der Waals surface area contributed by atoms with Crippen LogP contribution in [0.4, 0.5) is 11.4 Å². The summed E-state index contributed by atoms with van der Waals surface area (Å²) >= 11 is 11.7. The normalized spacial score (nSPS) is 11.2. The first-order valence-corrected chi connectivity index (χ1v) is 6.31. The summed E-state index contributed by atoms with van der Waals surface area (Å²) in [5, 5.41) is 15.4. The molecule has 0 bridgehead atoms. The lowest BCUT2D eigenvalue weighted by Crippen LogP contribution is -1.94. The number of nitrogens with zero attached hydrogens (tertiary/aromatic N) is 3. The van der Waals surface area contributed by atoms with Crippen LogP contribution in [0.2, 0.25) is 10.0 Å². The Morgan fingerprint density at radius 2 is 2.05 bits per heavy atom. The van der Waals surface area contributed by atoms with Gasteiger partial charge in [0.1, 0.15) is 0 Å². The monoisotopic (exact) mass is 313 g/mol. The van der Waals surface area contributed by atoms with Crippen LogP contribution in [0.5, 0.6) is 0 Å². The highest BCUT2D eigenvalue weighted by atomic mass is 35.5. The molecule has 0 N–H and O–H groups in total. The second-order valence-electron chi connectivity index (χ2n) is 3.94. The molecule has 0 atom stereocenters. The van der Waals surface area contributed by atoms with Crippen molar-refractivity contribution in [1.82, 2.24) is 5.16 Å². The third-order valence-electron chi connectivity index (χ3n) is 2.45. The maximum absolute atomic E-state index is 10.9. The molecule has 1 aromatic carbocycles. The van der Waals surface area contributed by atoms with Gasteiger partial charge in [0.15, 0.2) is 5.69 Å². The topological polar surface area (TPSA) is 81.5 Å². The Kier molecular flexibility index (Phi) is 4.36. The van der Waals surface area contributed by atoms with Gasteiger partial charge in [-0.3, -0.25) is 15.1 Å². The number of rotatable bonds is 4. The summed E-state index contributed by atoms with van der Waals surface area (Å²) in [5.41, 5.74) is 0.672. The van der Waals surface area contributed by atoms with Crippen LogP contribution in [0.1, 0.15) is 11.5 Å². The van der Waals surface area contributed by atoms with Crippen molar-refractivity contribution in [3.63, 3.8) is 0 Å². The van der Waals surface area contributed by atoms with E-state index in [0.29, 0.717) is 15.7 Å². The van der Waals surface area contributed by atoms with Crippen LogP contribution in [-0.4, -0.2) is 16.3 Å². The van der Waals surface area contributed by atoms with Gasteiger partial charge in [0.05, 0.1) is 17.0 Å². The van der Waals surface area contributed by atoms with Gasteiger partial charge < -0.3 is 4.52 Å². The summed E-state index contributed by atoms with van der Waals surface area (Å²) < 4.78 is 4.91.